The maximum Gasteiger partial charge on any atom is 0.291 e. The molecule has 2 atom stereocenters. The molecule has 0 saturated carbocycles. The van der Waals surface area contributed by atoms with Crippen LogP contribution in [0.4, 0.5) is 0 Å². The summed E-state index contributed by atoms with van der Waals surface area (Å²) in [6, 6.07) is 12.4. The van der Waals surface area contributed by atoms with Crippen LogP contribution < -0.4 is 4.74 Å². The first-order valence-electron chi connectivity index (χ1n) is 9.30. The van der Waals surface area contributed by atoms with Crippen molar-refractivity contribution in [3.63, 3.8) is 0 Å². The Morgan fingerprint density at radius 1 is 1.14 bits per heavy atom. The normalized spacial score (nSPS) is 19.1. The van der Waals surface area contributed by atoms with Crippen LogP contribution in [0.1, 0.15) is 41.7 Å². The van der Waals surface area contributed by atoms with Crippen LogP contribution in [0.5, 0.6) is 11.5 Å². The summed E-state index contributed by atoms with van der Waals surface area (Å²) in [6.45, 7) is 2.38. The zero-order chi connectivity index (χ0) is 20.3. The van der Waals surface area contributed by atoms with Crippen LogP contribution in [-0.4, -0.2) is 41.1 Å². The van der Waals surface area contributed by atoms with Gasteiger partial charge in [-0.05, 0) is 24.1 Å². The molecule has 2 aromatic carbocycles. The number of phenolic OH excluding ortho intramolecular Hbond substituents is 1. The second kappa shape index (κ2) is 8.25. The maximum absolute atomic E-state index is 13.1. The van der Waals surface area contributed by atoms with Crippen molar-refractivity contribution in [3.05, 3.63) is 59.7 Å². The minimum Gasteiger partial charge on any atom is -0.504 e. The van der Waals surface area contributed by atoms with Crippen LogP contribution in [0.2, 0.25) is 0 Å². The Bertz CT molecular complexity index is 893. The second-order valence-corrected chi connectivity index (χ2v) is 6.80. The second-order valence-electron chi connectivity index (χ2n) is 6.80. The number of amides is 1. The van der Waals surface area contributed by atoms with E-state index in [0.717, 1.165) is 12.8 Å². The number of nitrogens with zero attached hydrogens (tertiary/aromatic N) is 1. The van der Waals surface area contributed by atoms with Gasteiger partial charge in [0.2, 0.25) is 5.78 Å². The van der Waals surface area contributed by atoms with Gasteiger partial charge >= 0.3 is 0 Å². The smallest absolute Gasteiger partial charge is 0.291 e. The molecular weight excluding hydrogens is 358 g/mol. The molecule has 1 N–H and O–H groups in total. The van der Waals surface area contributed by atoms with Crippen molar-refractivity contribution in [2.75, 3.05) is 13.7 Å². The summed E-state index contributed by atoms with van der Waals surface area (Å²) >= 11 is 0. The quantitative estimate of drug-likeness (QED) is 0.452. The molecule has 2 aromatic rings. The SMILES string of the molecule is CCCCN1C(=O)C(=O)C(C(=O)c2ccccc2)C1c1ccc(O)c(OC)c1. The molecule has 3 rings (SSSR count). The number of carbonyl (C=O) groups is 3. The molecule has 0 radical (unpaired) electrons. The fourth-order valence-corrected chi connectivity index (χ4v) is 3.59. The van der Waals surface area contributed by atoms with E-state index in [9.17, 15) is 19.5 Å². The predicted octanol–water partition coefficient (Wildman–Crippen LogP) is 3.15. The average molecular weight is 381 g/mol. The number of phenols is 1. The number of hydrogen-bond acceptors (Lipinski definition) is 5. The van der Waals surface area contributed by atoms with E-state index in [2.05, 4.69) is 0 Å². The Morgan fingerprint density at radius 3 is 2.50 bits per heavy atom. The van der Waals surface area contributed by atoms with Gasteiger partial charge in [-0.3, -0.25) is 14.4 Å². The van der Waals surface area contributed by atoms with Gasteiger partial charge in [-0.25, -0.2) is 0 Å². The molecule has 1 fully saturated rings. The monoisotopic (exact) mass is 381 g/mol. The Hall–Kier alpha value is -3.15. The van der Waals surface area contributed by atoms with E-state index in [4.69, 9.17) is 4.74 Å². The summed E-state index contributed by atoms with van der Waals surface area (Å²) in [5.74, 6) is -2.66. The summed E-state index contributed by atoms with van der Waals surface area (Å²) in [5, 5.41) is 9.90. The summed E-state index contributed by atoms with van der Waals surface area (Å²) in [7, 11) is 1.42. The fraction of sp³-hybridized carbons (Fsp3) is 0.318. The number of aromatic hydroxyl groups is 1. The number of benzene rings is 2. The maximum atomic E-state index is 13.1. The van der Waals surface area contributed by atoms with Crippen molar-refractivity contribution in [1.82, 2.24) is 4.90 Å². The Labute approximate surface area is 163 Å². The van der Waals surface area contributed by atoms with Gasteiger partial charge in [0.1, 0.15) is 5.92 Å². The fourth-order valence-electron chi connectivity index (χ4n) is 3.59. The van der Waals surface area contributed by atoms with Crippen LogP contribution in [0, 0.1) is 5.92 Å². The van der Waals surface area contributed by atoms with E-state index in [1.165, 1.54) is 18.1 Å². The van der Waals surface area contributed by atoms with Crippen molar-refractivity contribution in [1.29, 1.82) is 0 Å². The number of hydrogen-bond donors (Lipinski definition) is 1. The van der Waals surface area contributed by atoms with Crippen LogP contribution in [0.3, 0.4) is 0 Å². The summed E-state index contributed by atoms with van der Waals surface area (Å²) in [6.07, 6.45) is 1.57. The van der Waals surface area contributed by atoms with Crippen LogP contribution in [0.25, 0.3) is 0 Å². The number of likely N-dealkylation sites (tertiary alicyclic amines) is 1. The number of ether oxygens (including phenoxy) is 1. The number of ketones is 2. The van der Waals surface area contributed by atoms with E-state index in [0.29, 0.717) is 17.7 Å². The molecule has 146 valence electrons. The molecule has 0 aromatic heterocycles. The zero-order valence-electron chi connectivity index (χ0n) is 15.9. The van der Waals surface area contributed by atoms with Gasteiger partial charge in [0.15, 0.2) is 17.3 Å². The lowest BCUT2D eigenvalue weighted by molar-refractivity contribution is -0.140. The highest BCUT2D eigenvalue weighted by Crippen LogP contribution is 2.41. The number of unbranched alkanes of at least 4 members (excludes halogenated alkanes) is 1. The molecule has 6 nitrogen and oxygen atoms in total. The van der Waals surface area contributed by atoms with Gasteiger partial charge in [0.05, 0.1) is 13.2 Å². The average Bonchev–Trinajstić information content (AvgIpc) is 2.97. The molecular formula is C22H23NO5. The Balaban J connectivity index is 2.08. The topological polar surface area (TPSA) is 83.9 Å². The van der Waals surface area contributed by atoms with E-state index < -0.39 is 23.7 Å². The van der Waals surface area contributed by atoms with Crippen molar-refractivity contribution in [3.8, 4) is 11.5 Å². The molecule has 0 bridgehead atoms. The van der Waals surface area contributed by atoms with Gasteiger partial charge in [0.25, 0.3) is 5.91 Å². The summed E-state index contributed by atoms with van der Waals surface area (Å²) in [5.41, 5.74) is 0.973. The van der Waals surface area contributed by atoms with Crippen molar-refractivity contribution < 1.29 is 24.2 Å². The van der Waals surface area contributed by atoms with Crippen LogP contribution in [-0.2, 0) is 9.59 Å². The third-order valence-electron chi connectivity index (χ3n) is 5.04. The molecule has 2 unspecified atom stereocenters. The van der Waals surface area contributed by atoms with E-state index in [-0.39, 0.29) is 17.3 Å². The van der Waals surface area contributed by atoms with Gasteiger partial charge in [-0.1, -0.05) is 49.7 Å². The van der Waals surface area contributed by atoms with Crippen LogP contribution >= 0.6 is 0 Å². The van der Waals surface area contributed by atoms with Crippen molar-refractivity contribution >= 4 is 17.5 Å². The zero-order valence-corrected chi connectivity index (χ0v) is 15.9. The van der Waals surface area contributed by atoms with Gasteiger partial charge < -0.3 is 14.7 Å². The third-order valence-corrected chi connectivity index (χ3v) is 5.04. The lowest BCUT2D eigenvalue weighted by Gasteiger charge is -2.27. The first-order valence-corrected chi connectivity index (χ1v) is 9.30. The number of Topliss-reactive ketones (excluding diaryl/α,β-unsaturated/α-hetero) is 2. The van der Waals surface area contributed by atoms with Crippen molar-refractivity contribution in [2.24, 2.45) is 5.92 Å². The highest BCUT2D eigenvalue weighted by Gasteiger charge is 2.51. The molecule has 6 heteroatoms. The number of rotatable bonds is 7. The Kier molecular flexibility index (Phi) is 5.78. The summed E-state index contributed by atoms with van der Waals surface area (Å²) < 4.78 is 5.17. The molecule has 1 aliphatic rings. The van der Waals surface area contributed by atoms with Crippen molar-refractivity contribution in [2.45, 2.75) is 25.8 Å². The molecule has 1 aliphatic heterocycles. The molecule has 28 heavy (non-hydrogen) atoms. The van der Waals surface area contributed by atoms with E-state index >= 15 is 0 Å². The first-order chi connectivity index (χ1) is 13.5. The first kappa shape index (κ1) is 19.6. The minimum atomic E-state index is -1.12. The standard InChI is InChI=1S/C22H23NO5/c1-3-4-12-23-19(15-10-11-16(24)17(13-15)28-2)18(21(26)22(23)27)20(25)14-8-6-5-7-9-14/h5-11,13,18-19,24H,3-4,12H2,1-2H3. The molecule has 1 amide bonds. The molecule has 0 spiro atoms. The molecule has 1 saturated heterocycles. The highest BCUT2D eigenvalue weighted by atomic mass is 16.5. The molecule has 0 aliphatic carbocycles. The summed E-state index contributed by atoms with van der Waals surface area (Å²) in [4.78, 5) is 40.1. The van der Waals surface area contributed by atoms with Gasteiger partial charge in [-0.2, -0.15) is 0 Å². The largest absolute Gasteiger partial charge is 0.504 e. The number of methoxy groups -OCH3 is 1. The Morgan fingerprint density at radius 2 is 1.86 bits per heavy atom. The minimum absolute atomic E-state index is 0.0482. The van der Waals surface area contributed by atoms with Crippen LogP contribution in [0.15, 0.2) is 48.5 Å². The lowest BCUT2D eigenvalue weighted by atomic mass is 9.86. The highest BCUT2D eigenvalue weighted by molar-refractivity contribution is 6.44. The predicted molar refractivity (Wildman–Crippen MR) is 103 cm³/mol. The molecule has 1 heterocycles. The van der Waals surface area contributed by atoms with Gasteiger partial charge in [-0.15, -0.1) is 0 Å². The lowest BCUT2D eigenvalue weighted by Crippen LogP contribution is -2.31. The third kappa shape index (κ3) is 3.50. The number of carbonyl (C=O) groups excluding carboxylic acids is 3. The van der Waals surface area contributed by atoms with Gasteiger partial charge in [0, 0.05) is 12.1 Å². The van der Waals surface area contributed by atoms with E-state index in [1.807, 2.05) is 6.92 Å². The van der Waals surface area contributed by atoms with E-state index in [1.54, 1.807) is 42.5 Å².